The van der Waals surface area contributed by atoms with E-state index in [1.54, 1.807) is 21.3 Å². The first-order valence-electron chi connectivity index (χ1n) is 5.60. The van der Waals surface area contributed by atoms with E-state index in [2.05, 4.69) is 0 Å². The zero-order valence-electron chi connectivity index (χ0n) is 10.9. The van der Waals surface area contributed by atoms with Crippen molar-refractivity contribution in [3.63, 3.8) is 0 Å². The van der Waals surface area contributed by atoms with Crippen molar-refractivity contribution < 1.29 is 14.2 Å². The second kappa shape index (κ2) is 6.47. The van der Waals surface area contributed by atoms with Gasteiger partial charge in [0, 0.05) is 18.7 Å². The molecule has 0 aromatic heterocycles. The average Bonchev–Trinajstić information content (AvgIpc) is 2.28. The summed E-state index contributed by atoms with van der Waals surface area (Å²) in [6.07, 6.45) is 0.747. The highest BCUT2D eigenvalue weighted by Gasteiger charge is 2.13. The summed E-state index contributed by atoms with van der Waals surface area (Å²) in [6.45, 7) is 2.46. The van der Waals surface area contributed by atoms with Crippen molar-refractivity contribution in [2.24, 2.45) is 5.73 Å². The average molecular weight is 239 g/mol. The Hall–Kier alpha value is -1.26. The van der Waals surface area contributed by atoms with E-state index < -0.39 is 0 Å². The lowest BCUT2D eigenvalue weighted by Crippen LogP contribution is -2.18. The van der Waals surface area contributed by atoms with E-state index in [4.69, 9.17) is 19.9 Å². The molecule has 0 saturated carbocycles. The fraction of sp³-hybridized carbons (Fsp3) is 0.538. The van der Waals surface area contributed by atoms with Crippen LogP contribution in [0, 0.1) is 0 Å². The van der Waals surface area contributed by atoms with E-state index in [-0.39, 0.29) is 6.04 Å². The number of methoxy groups -OCH3 is 3. The molecule has 0 spiro atoms. The van der Waals surface area contributed by atoms with E-state index in [1.165, 1.54) is 0 Å². The Bertz CT molecular complexity index is 364. The van der Waals surface area contributed by atoms with Crippen LogP contribution in [-0.4, -0.2) is 27.4 Å². The second-order valence-corrected chi connectivity index (χ2v) is 4.09. The summed E-state index contributed by atoms with van der Waals surface area (Å²) in [5.41, 5.74) is 7.86. The number of ether oxygens (including phenoxy) is 3. The van der Waals surface area contributed by atoms with Gasteiger partial charge in [-0.25, -0.2) is 0 Å². The highest BCUT2D eigenvalue weighted by molar-refractivity contribution is 5.47. The van der Waals surface area contributed by atoms with Crippen LogP contribution in [0.3, 0.4) is 0 Å². The number of benzene rings is 1. The molecule has 4 heteroatoms. The molecule has 1 aromatic rings. The molecule has 0 bridgehead atoms. The summed E-state index contributed by atoms with van der Waals surface area (Å²) in [7, 11) is 4.96. The standard InChI is InChI=1S/C13H21NO3/c1-9(14)5-10-6-12(16-3)7-11(8-15-2)13(10)17-4/h6-7,9H,5,8,14H2,1-4H3. The Labute approximate surface area is 103 Å². The van der Waals surface area contributed by atoms with Gasteiger partial charge in [-0.1, -0.05) is 0 Å². The molecule has 4 nitrogen and oxygen atoms in total. The van der Waals surface area contributed by atoms with Gasteiger partial charge in [-0.15, -0.1) is 0 Å². The molecule has 0 aliphatic rings. The molecular formula is C13H21NO3. The number of hydrogen-bond donors (Lipinski definition) is 1. The van der Waals surface area contributed by atoms with E-state index in [1.807, 2.05) is 19.1 Å². The Balaban J connectivity index is 3.18. The summed E-state index contributed by atoms with van der Waals surface area (Å²) in [6, 6.07) is 3.96. The van der Waals surface area contributed by atoms with Crippen LogP contribution in [0.1, 0.15) is 18.1 Å². The molecular weight excluding hydrogens is 218 g/mol. The van der Waals surface area contributed by atoms with Crippen molar-refractivity contribution >= 4 is 0 Å². The molecule has 0 fully saturated rings. The third-order valence-electron chi connectivity index (χ3n) is 2.50. The number of hydrogen-bond acceptors (Lipinski definition) is 4. The van der Waals surface area contributed by atoms with Gasteiger partial charge < -0.3 is 19.9 Å². The molecule has 0 aliphatic carbocycles. The van der Waals surface area contributed by atoms with Crippen molar-refractivity contribution in [1.29, 1.82) is 0 Å². The van der Waals surface area contributed by atoms with Crippen molar-refractivity contribution in [1.82, 2.24) is 0 Å². The summed E-state index contributed by atoms with van der Waals surface area (Å²) < 4.78 is 15.9. The maximum atomic E-state index is 5.84. The Morgan fingerprint density at radius 3 is 2.24 bits per heavy atom. The first-order chi connectivity index (χ1) is 8.12. The highest BCUT2D eigenvalue weighted by Crippen LogP contribution is 2.30. The summed E-state index contributed by atoms with van der Waals surface area (Å²) in [5.74, 6) is 1.64. The Morgan fingerprint density at radius 2 is 1.76 bits per heavy atom. The number of rotatable bonds is 6. The number of nitrogens with two attached hydrogens (primary N) is 1. The fourth-order valence-electron chi connectivity index (χ4n) is 1.86. The Kier molecular flexibility index (Phi) is 5.25. The van der Waals surface area contributed by atoms with Crippen LogP contribution in [0.25, 0.3) is 0 Å². The lowest BCUT2D eigenvalue weighted by molar-refractivity contribution is 0.181. The van der Waals surface area contributed by atoms with Crippen LogP contribution in [0.2, 0.25) is 0 Å². The maximum Gasteiger partial charge on any atom is 0.127 e. The molecule has 1 atom stereocenters. The second-order valence-electron chi connectivity index (χ2n) is 4.09. The van der Waals surface area contributed by atoms with E-state index >= 15 is 0 Å². The van der Waals surface area contributed by atoms with E-state index in [0.717, 1.165) is 29.0 Å². The van der Waals surface area contributed by atoms with Crippen LogP contribution in [-0.2, 0) is 17.8 Å². The lowest BCUT2D eigenvalue weighted by atomic mass is 10.0. The van der Waals surface area contributed by atoms with Gasteiger partial charge in [-0.3, -0.25) is 0 Å². The minimum atomic E-state index is 0.0754. The summed E-state index contributed by atoms with van der Waals surface area (Å²) in [4.78, 5) is 0. The highest BCUT2D eigenvalue weighted by atomic mass is 16.5. The molecule has 17 heavy (non-hydrogen) atoms. The molecule has 0 heterocycles. The van der Waals surface area contributed by atoms with Gasteiger partial charge in [0.1, 0.15) is 11.5 Å². The van der Waals surface area contributed by atoms with Gasteiger partial charge in [-0.2, -0.15) is 0 Å². The molecule has 0 radical (unpaired) electrons. The van der Waals surface area contributed by atoms with Gasteiger partial charge in [0.15, 0.2) is 0 Å². The van der Waals surface area contributed by atoms with Crippen molar-refractivity contribution in [3.8, 4) is 11.5 Å². The third-order valence-corrected chi connectivity index (χ3v) is 2.50. The lowest BCUT2D eigenvalue weighted by Gasteiger charge is -2.16. The topological polar surface area (TPSA) is 53.7 Å². The van der Waals surface area contributed by atoms with Crippen molar-refractivity contribution in [2.45, 2.75) is 26.0 Å². The molecule has 1 aromatic carbocycles. The van der Waals surface area contributed by atoms with E-state index in [0.29, 0.717) is 6.61 Å². The van der Waals surface area contributed by atoms with Gasteiger partial charge in [-0.05, 0) is 31.0 Å². The molecule has 2 N–H and O–H groups in total. The van der Waals surface area contributed by atoms with Crippen molar-refractivity contribution in [3.05, 3.63) is 23.3 Å². The smallest absolute Gasteiger partial charge is 0.127 e. The molecule has 1 rings (SSSR count). The fourth-order valence-corrected chi connectivity index (χ4v) is 1.86. The van der Waals surface area contributed by atoms with Crippen molar-refractivity contribution in [2.75, 3.05) is 21.3 Å². The van der Waals surface area contributed by atoms with E-state index in [9.17, 15) is 0 Å². The predicted octanol–water partition coefficient (Wildman–Crippen LogP) is 1.74. The van der Waals surface area contributed by atoms with Gasteiger partial charge in [0.05, 0.1) is 20.8 Å². The maximum absolute atomic E-state index is 5.84. The molecule has 0 saturated heterocycles. The first-order valence-corrected chi connectivity index (χ1v) is 5.60. The predicted molar refractivity (Wildman–Crippen MR) is 67.6 cm³/mol. The van der Waals surface area contributed by atoms with Gasteiger partial charge in [0.25, 0.3) is 0 Å². The summed E-state index contributed by atoms with van der Waals surface area (Å²) in [5, 5.41) is 0. The summed E-state index contributed by atoms with van der Waals surface area (Å²) >= 11 is 0. The van der Waals surface area contributed by atoms with Crippen LogP contribution < -0.4 is 15.2 Å². The first kappa shape index (κ1) is 13.8. The zero-order chi connectivity index (χ0) is 12.8. The Morgan fingerprint density at radius 1 is 1.12 bits per heavy atom. The normalized spacial score (nSPS) is 12.3. The van der Waals surface area contributed by atoms with Crippen LogP contribution in [0.15, 0.2) is 12.1 Å². The molecule has 0 amide bonds. The zero-order valence-corrected chi connectivity index (χ0v) is 10.9. The van der Waals surface area contributed by atoms with Crippen LogP contribution in [0.4, 0.5) is 0 Å². The van der Waals surface area contributed by atoms with Gasteiger partial charge >= 0.3 is 0 Å². The van der Waals surface area contributed by atoms with Crippen LogP contribution >= 0.6 is 0 Å². The quantitative estimate of drug-likeness (QED) is 0.821. The minimum absolute atomic E-state index is 0.0754. The third kappa shape index (κ3) is 3.61. The van der Waals surface area contributed by atoms with Gasteiger partial charge in [0.2, 0.25) is 0 Å². The molecule has 0 aliphatic heterocycles. The minimum Gasteiger partial charge on any atom is -0.497 e. The largest absolute Gasteiger partial charge is 0.497 e. The molecule has 1 unspecified atom stereocenters. The SMILES string of the molecule is COCc1cc(OC)cc(CC(C)N)c1OC. The monoisotopic (exact) mass is 239 g/mol. The van der Waals surface area contributed by atoms with Crippen LogP contribution in [0.5, 0.6) is 11.5 Å². The molecule has 96 valence electrons.